The number of rotatable bonds is 5. The summed E-state index contributed by atoms with van der Waals surface area (Å²) in [6, 6.07) is 0.552. The highest BCUT2D eigenvalue weighted by molar-refractivity contribution is 4.51. The Hall–Kier alpha value is -0.0800. The van der Waals surface area contributed by atoms with E-state index < -0.39 is 0 Å². The number of nitrogens with one attached hydrogen (secondary N) is 1. The summed E-state index contributed by atoms with van der Waals surface area (Å²) in [5, 5.41) is 13.2. The van der Waals surface area contributed by atoms with Crippen LogP contribution in [0.2, 0.25) is 0 Å². The minimum absolute atomic E-state index is 0.0692. The Kier molecular flexibility index (Phi) is 5.99. The van der Waals surface area contributed by atoms with Crippen LogP contribution in [0.15, 0.2) is 0 Å². The summed E-state index contributed by atoms with van der Waals surface area (Å²) in [4.78, 5) is 0. The largest absolute Gasteiger partial charge is 0.315 e. The quantitative estimate of drug-likeness (QED) is 0.557. The predicted octanol–water partition coefficient (Wildman–Crippen LogP) is 1.20. The van der Waals surface area contributed by atoms with Crippen molar-refractivity contribution in [3.05, 3.63) is 0 Å². The van der Waals surface area contributed by atoms with E-state index in [9.17, 15) is 5.11 Å². The molecule has 0 rings (SSSR count). The van der Waals surface area contributed by atoms with Crippen molar-refractivity contribution in [1.29, 1.82) is 0 Å². The van der Waals surface area contributed by atoms with Gasteiger partial charge in [0.1, 0.15) is 0 Å². The lowest BCUT2D eigenvalue weighted by Gasteiger charge is -2.05. The van der Waals surface area contributed by atoms with Crippen LogP contribution in [0.25, 0.3) is 0 Å². The molecule has 0 aromatic carbocycles. The lowest BCUT2D eigenvalue weighted by molar-refractivity contribution is 0.186. The average Bonchev–Trinajstić information content (AvgIpc) is 1.80. The van der Waals surface area contributed by atoms with Crippen molar-refractivity contribution in [2.24, 2.45) is 0 Å². The second-order valence-electron chi connectivity index (χ2n) is 2.52. The summed E-state index contributed by atoms with van der Waals surface area (Å²) in [6.45, 7) is 5.27. The van der Waals surface area contributed by atoms with E-state index in [1.54, 1.807) is 0 Å². The predicted molar refractivity (Wildman–Crippen MR) is 37.9 cm³/mol. The van der Waals surface area contributed by atoms with E-state index in [2.05, 4.69) is 19.2 Å². The van der Waals surface area contributed by atoms with Crippen LogP contribution < -0.4 is 5.32 Å². The fourth-order valence-electron chi connectivity index (χ4n) is 0.618. The van der Waals surface area contributed by atoms with Crippen molar-refractivity contribution in [3.63, 3.8) is 0 Å². The topological polar surface area (TPSA) is 31.9 Å². The Morgan fingerprint density at radius 3 is 2.44 bits per heavy atom. The van der Waals surface area contributed by atoms with Gasteiger partial charge >= 0.3 is 0 Å². The molecule has 0 aliphatic rings. The molecule has 0 fully saturated rings. The molecule has 0 aliphatic carbocycles. The molecule has 0 heterocycles. The molecule has 2 heteroatoms. The van der Waals surface area contributed by atoms with Gasteiger partial charge in [-0.2, -0.15) is 0 Å². The molecule has 0 aromatic heterocycles. The van der Waals surface area contributed by atoms with Gasteiger partial charge in [-0.15, -0.1) is 0 Å². The van der Waals surface area contributed by atoms with Crippen LogP contribution in [0.4, 0.5) is 0 Å². The van der Waals surface area contributed by atoms with Crippen molar-refractivity contribution in [2.75, 3.05) is 13.2 Å². The highest BCUT2D eigenvalue weighted by Gasteiger charge is 1.90. The van der Waals surface area contributed by atoms with Gasteiger partial charge in [-0.25, -0.2) is 5.11 Å². The maximum atomic E-state index is 9.95. The van der Waals surface area contributed by atoms with Gasteiger partial charge in [-0.3, -0.25) is 0 Å². The summed E-state index contributed by atoms with van der Waals surface area (Å²) in [5.41, 5.74) is 0. The van der Waals surface area contributed by atoms with Crippen LogP contribution >= 0.6 is 0 Å². The third-order valence-electron chi connectivity index (χ3n) is 1.12. The normalized spacial score (nSPS) is 10.7. The Bertz CT molecular complexity index is 54.9. The molecule has 0 amide bonds. The summed E-state index contributed by atoms with van der Waals surface area (Å²) >= 11 is 0. The summed E-state index contributed by atoms with van der Waals surface area (Å²) in [7, 11) is 0. The maximum Gasteiger partial charge on any atom is 0.0822 e. The summed E-state index contributed by atoms with van der Waals surface area (Å²) in [6.07, 6.45) is 1.82. The van der Waals surface area contributed by atoms with Crippen LogP contribution in [0.1, 0.15) is 26.7 Å². The fraction of sp³-hybridized carbons (Fsp3) is 1.00. The molecule has 0 aliphatic heterocycles. The monoisotopic (exact) mass is 130 g/mol. The Morgan fingerprint density at radius 2 is 2.00 bits per heavy atom. The SMILES string of the molecule is CC(C)NCCCC[O]. The van der Waals surface area contributed by atoms with E-state index in [0.717, 1.165) is 19.4 Å². The van der Waals surface area contributed by atoms with Gasteiger partial charge < -0.3 is 5.32 Å². The number of hydrogen-bond acceptors (Lipinski definition) is 1. The van der Waals surface area contributed by atoms with Crippen molar-refractivity contribution >= 4 is 0 Å². The van der Waals surface area contributed by atoms with Crippen molar-refractivity contribution < 1.29 is 5.11 Å². The minimum Gasteiger partial charge on any atom is -0.315 e. The maximum absolute atomic E-state index is 9.95. The van der Waals surface area contributed by atoms with Gasteiger partial charge in [0.15, 0.2) is 0 Å². The van der Waals surface area contributed by atoms with Crippen LogP contribution in [-0.4, -0.2) is 19.2 Å². The average molecular weight is 130 g/mol. The van der Waals surface area contributed by atoms with Gasteiger partial charge in [0, 0.05) is 6.04 Å². The molecule has 0 atom stereocenters. The number of hydrogen-bond donors (Lipinski definition) is 1. The molecule has 1 radical (unpaired) electrons. The molecule has 1 N–H and O–H groups in total. The molecular formula is C7H16NO. The lowest BCUT2D eigenvalue weighted by Crippen LogP contribution is -2.23. The summed E-state index contributed by atoms with van der Waals surface area (Å²) in [5.74, 6) is 0. The molecule has 0 saturated heterocycles. The smallest absolute Gasteiger partial charge is 0.0822 e. The van der Waals surface area contributed by atoms with Crippen molar-refractivity contribution in [2.45, 2.75) is 32.7 Å². The second kappa shape index (κ2) is 6.05. The van der Waals surface area contributed by atoms with Gasteiger partial charge in [0.2, 0.25) is 0 Å². The molecule has 55 valence electrons. The van der Waals surface area contributed by atoms with Crippen molar-refractivity contribution in [1.82, 2.24) is 5.32 Å². The van der Waals surface area contributed by atoms with E-state index in [0.29, 0.717) is 6.04 Å². The number of unbranched alkanes of at least 4 members (excludes halogenated alkanes) is 1. The molecular weight excluding hydrogens is 114 g/mol. The Morgan fingerprint density at radius 1 is 1.33 bits per heavy atom. The third-order valence-corrected chi connectivity index (χ3v) is 1.12. The first kappa shape index (κ1) is 8.92. The zero-order valence-corrected chi connectivity index (χ0v) is 6.31. The highest BCUT2D eigenvalue weighted by atomic mass is 16.2. The molecule has 0 saturated carbocycles. The molecule has 9 heavy (non-hydrogen) atoms. The fourth-order valence-corrected chi connectivity index (χ4v) is 0.618. The van der Waals surface area contributed by atoms with Gasteiger partial charge in [-0.05, 0) is 19.4 Å². The second-order valence-corrected chi connectivity index (χ2v) is 2.52. The molecule has 0 unspecified atom stereocenters. The Balaban J connectivity index is 2.75. The minimum atomic E-state index is 0.0692. The zero-order valence-electron chi connectivity index (χ0n) is 6.31. The van der Waals surface area contributed by atoms with E-state index in [1.165, 1.54) is 0 Å². The first-order chi connectivity index (χ1) is 4.27. The van der Waals surface area contributed by atoms with Gasteiger partial charge in [0.05, 0.1) is 6.61 Å². The molecule has 2 nitrogen and oxygen atoms in total. The molecule has 0 aromatic rings. The standard InChI is InChI=1S/C7H16NO/c1-7(2)8-5-3-4-6-9/h7-8H,3-6H2,1-2H3. The van der Waals surface area contributed by atoms with E-state index in [1.807, 2.05) is 0 Å². The summed E-state index contributed by atoms with van der Waals surface area (Å²) < 4.78 is 0. The lowest BCUT2D eigenvalue weighted by atomic mass is 10.3. The van der Waals surface area contributed by atoms with Crippen LogP contribution in [-0.2, 0) is 5.11 Å². The first-order valence-electron chi connectivity index (χ1n) is 3.59. The highest BCUT2D eigenvalue weighted by Crippen LogP contribution is 1.85. The Labute approximate surface area is 57.3 Å². The van der Waals surface area contributed by atoms with Crippen LogP contribution in [0.5, 0.6) is 0 Å². The van der Waals surface area contributed by atoms with Gasteiger partial charge in [-0.1, -0.05) is 13.8 Å². The van der Waals surface area contributed by atoms with Crippen molar-refractivity contribution in [3.8, 4) is 0 Å². The van der Waals surface area contributed by atoms with E-state index in [-0.39, 0.29) is 6.61 Å². The van der Waals surface area contributed by atoms with Crippen LogP contribution in [0, 0.1) is 0 Å². The van der Waals surface area contributed by atoms with Gasteiger partial charge in [0.25, 0.3) is 0 Å². The molecule has 0 bridgehead atoms. The first-order valence-corrected chi connectivity index (χ1v) is 3.59. The van der Waals surface area contributed by atoms with E-state index >= 15 is 0 Å². The van der Waals surface area contributed by atoms with E-state index in [4.69, 9.17) is 0 Å². The zero-order chi connectivity index (χ0) is 7.11. The van der Waals surface area contributed by atoms with Crippen LogP contribution in [0.3, 0.4) is 0 Å². The molecule has 0 spiro atoms. The third kappa shape index (κ3) is 7.92.